The van der Waals surface area contributed by atoms with Gasteiger partial charge in [-0.2, -0.15) is 8.42 Å². The third-order valence-corrected chi connectivity index (χ3v) is 2.18. The first-order valence-electron chi connectivity index (χ1n) is 4.48. The molecule has 0 aromatic carbocycles. The summed E-state index contributed by atoms with van der Waals surface area (Å²) in [5.74, 6) is -0.368. The zero-order chi connectivity index (χ0) is 11.7. The molecule has 0 aromatic heterocycles. The van der Waals surface area contributed by atoms with Gasteiger partial charge >= 0.3 is 0 Å². The van der Waals surface area contributed by atoms with Crippen LogP contribution in [0, 0.1) is 0 Å². The molecule has 0 bridgehead atoms. The summed E-state index contributed by atoms with van der Waals surface area (Å²) >= 11 is 0. The Balaban J connectivity index is 3.38. The first kappa shape index (κ1) is 14.5. The van der Waals surface area contributed by atoms with Gasteiger partial charge in [-0.15, -0.1) is 6.58 Å². The summed E-state index contributed by atoms with van der Waals surface area (Å²) in [5.41, 5.74) is 0. The van der Waals surface area contributed by atoms with Crippen LogP contribution in [0.3, 0.4) is 0 Å². The Morgan fingerprint density at radius 3 is 2.73 bits per heavy atom. The van der Waals surface area contributed by atoms with Crippen LogP contribution in [-0.4, -0.2) is 56.2 Å². The Hall–Kier alpha value is -0.470. The van der Waals surface area contributed by atoms with E-state index in [4.69, 9.17) is 9.29 Å². The lowest BCUT2D eigenvalue weighted by Crippen LogP contribution is -2.33. The normalized spacial score (nSPS) is 13.7. The quantitative estimate of drug-likeness (QED) is 0.272. The molecule has 0 aliphatic carbocycles. The summed E-state index contributed by atoms with van der Waals surface area (Å²) in [5, 5.41) is 11.9. The Labute approximate surface area is 89.7 Å². The molecule has 1 atom stereocenters. The second-order valence-electron chi connectivity index (χ2n) is 2.97. The molecule has 7 heteroatoms. The van der Waals surface area contributed by atoms with Gasteiger partial charge in [0.15, 0.2) is 0 Å². The number of rotatable bonds is 9. The number of aliphatic hydroxyl groups excluding tert-OH is 1. The zero-order valence-corrected chi connectivity index (χ0v) is 9.24. The van der Waals surface area contributed by atoms with E-state index < -0.39 is 16.2 Å². The minimum Gasteiger partial charge on any atom is -0.389 e. The van der Waals surface area contributed by atoms with E-state index in [-0.39, 0.29) is 25.4 Å². The molecular formula is C8H17NO5S. The Bertz CT molecular complexity index is 264. The minimum atomic E-state index is -3.93. The first-order chi connectivity index (χ1) is 6.95. The van der Waals surface area contributed by atoms with E-state index in [2.05, 4.69) is 11.9 Å². The standard InChI is InChI=1S/C8H17NO5S/c1-2-4-14-7-8(10)6-9-3-5-15(11,12)13/h2,8-10H,1,3-7H2,(H,11,12,13). The molecule has 0 amide bonds. The van der Waals surface area contributed by atoms with E-state index in [0.29, 0.717) is 6.61 Å². The molecule has 90 valence electrons. The van der Waals surface area contributed by atoms with Crippen LogP contribution in [0.5, 0.6) is 0 Å². The highest BCUT2D eigenvalue weighted by Gasteiger charge is 2.06. The number of hydrogen-bond donors (Lipinski definition) is 3. The summed E-state index contributed by atoms with van der Waals surface area (Å²) < 4.78 is 34.0. The molecule has 0 aromatic rings. The fourth-order valence-electron chi connectivity index (χ4n) is 0.816. The molecule has 0 saturated heterocycles. The van der Waals surface area contributed by atoms with Gasteiger partial charge in [0.25, 0.3) is 10.1 Å². The van der Waals surface area contributed by atoms with Crippen molar-refractivity contribution in [2.75, 3.05) is 32.1 Å². The average molecular weight is 239 g/mol. The second-order valence-corrected chi connectivity index (χ2v) is 4.54. The number of nitrogens with one attached hydrogen (secondary N) is 1. The largest absolute Gasteiger partial charge is 0.389 e. The summed E-state index contributed by atoms with van der Waals surface area (Å²) in [6.07, 6.45) is 0.865. The first-order valence-corrected chi connectivity index (χ1v) is 6.09. The van der Waals surface area contributed by atoms with Crippen molar-refractivity contribution in [3.05, 3.63) is 12.7 Å². The van der Waals surface area contributed by atoms with Gasteiger partial charge < -0.3 is 15.2 Å². The van der Waals surface area contributed by atoms with Gasteiger partial charge in [0.2, 0.25) is 0 Å². The highest BCUT2D eigenvalue weighted by Crippen LogP contribution is 1.85. The number of ether oxygens (including phenoxy) is 1. The lowest BCUT2D eigenvalue weighted by molar-refractivity contribution is 0.0498. The van der Waals surface area contributed by atoms with Gasteiger partial charge in [0.05, 0.1) is 25.1 Å². The second kappa shape index (κ2) is 7.77. The topological polar surface area (TPSA) is 95.9 Å². The fraction of sp³-hybridized carbons (Fsp3) is 0.750. The van der Waals surface area contributed by atoms with E-state index in [9.17, 15) is 13.5 Å². The van der Waals surface area contributed by atoms with Gasteiger partial charge in [0.1, 0.15) is 0 Å². The lowest BCUT2D eigenvalue weighted by atomic mass is 10.4. The van der Waals surface area contributed by atoms with Crippen molar-refractivity contribution in [1.82, 2.24) is 5.32 Å². The van der Waals surface area contributed by atoms with E-state index >= 15 is 0 Å². The van der Waals surface area contributed by atoms with Crippen LogP contribution in [0.15, 0.2) is 12.7 Å². The van der Waals surface area contributed by atoms with Crippen LogP contribution in [0.4, 0.5) is 0 Å². The molecule has 0 aliphatic heterocycles. The molecule has 6 nitrogen and oxygen atoms in total. The van der Waals surface area contributed by atoms with Crippen LogP contribution in [-0.2, 0) is 14.9 Å². The lowest BCUT2D eigenvalue weighted by Gasteiger charge is -2.10. The SMILES string of the molecule is C=CCOCC(O)CNCCS(=O)(=O)O. The van der Waals surface area contributed by atoms with Crippen LogP contribution >= 0.6 is 0 Å². The van der Waals surface area contributed by atoms with Gasteiger partial charge in [-0.05, 0) is 0 Å². The van der Waals surface area contributed by atoms with Crippen molar-refractivity contribution >= 4 is 10.1 Å². The molecule has 3 N–H and O–H groups in total. The molecule has 0 spiro atoms. The molecule has 0 rings (SSSR count). The predicted molar refractivity (Wildman–Crippen MR) is 56.3 cm³/mol. The Kier molecular flexibility index (Phi) is 7.53. The molecule has 0 aliphatic rings. The van der Waals surface area contributed by atoms with Gasteiger partial charge in [-0.25, -0.2) is 0 Å². The van der Waals surface area contributed by atoms with Crippen molar-refractivity contribution in [2.45, 2.75) is 6.10 Å². The third kappa shape index (κ3) is 11.5. The summed E-state index contributed by atoms with van der Waals surface area (Å²) in [6.45, 7) is 4.27. The van der Waals surface area contributed by atoms with Crippen LogP contribution in [0.1, 0.15) is 0 Å². The summed E-state index contributed by atoms with van der Waals surface area (Å²) in [4.78, 5) is 0. The predicted octanol–water partition coefficient (Wildman–Crippen LogP) is -0.973. The maximum atomic E-state index is 10.3. The highest BCUT2D eigenvalue weighted by molar-refractivity contribution is 7.85. The van der Waals surface area contributed by atoms with Gasteiger partial charge in [-0.1, -0.05) is 6.08 Å². The Morgan fingerprint density at radius 2 is 2.20 bits per heavy atom. The van der Waals surface area contributed by atoms with E-state index in [1.54, 1.807) is 6.08 Å². The maximum absolute atomic E-state index is 10.3. The molecular weight excluding hydrogens is 222 g/mol. The monoisotopic (exact) mass is 239 g/mol. The molecule has 0 radical (unpaired) electrons. The van der Waals surface area contributed by atoms with Crippen LogP contribution < -0.4 is 5.32 Å². The smallest absolute Gasteiger partial charge is 0.266 e. The summed E-state index contributed by atoms with van der Waals surface area (Å²) in [7, 11) is -3.93. The van der Waals surface area contributed by atoms with Crippen molar-refractivity contribution in [2.24, 2.45) is 0 Å². The fourth-order valence-corrected chi connectivity index (χ4v) is 1.22. The molecule has 0 fully saturated rings. The van der Waals surface area contributed by atoms with E-state index in [1.165, 1.54) is 0 Å². The Morgan fingerprint density at radius 1 is 1.53 bits per heavy atom. The summed E-state index contributed by atoms with van der Waals surface area (Å²) in [6, 6.07) is 0. The third-order valence-electron chi connectivity index (χ3n) is 1.46. The van der Waals surface area contributed by atoms with E-state index in [1.807, 2.05) is 0 Å². The number of hydrogen-bond acceptors (Lipinski definition) is 5. The molecule has 15 heavy (non-hydrogen) atoms. The maximum Gasteiger partial charge on any atom is 0.266 e. The van der Waals surface area contributed by atoms with Crippen molar-refractivity contribution in [1.29, 1.82) is 0 Å². The average Bonchev–Trinajstić information content (AvgIpc) is 2.11. The molecule has 1 unspecified atom stereocenters. The zero-order valence-electron chi connectivity index (χ0n) is 8.42. The van der Waals surface area contributed by atoms with Crippen LogP contribution in [0.2, 0.25) is 0 Å². The van der Waals surface area contributed by atoms with Crippen molar-refractivity contribution < 1.29 is 22.8 Å². The van der Waals surface area contributed by atoms with E-state index in [0.717, 1.165) is 0 Å². The van der Waals surface area contributed by atoms with Gasteiger partial charge in [-0.3, -0.25) is 4.55 Å². The minimum absolute atomic E-state index is 0.0946. The van der Waals surface area contributed by atoms with Crippen molar-refractivity contribution in [3.63, 3.8) is 0 Å². The van der Waals surface area contributed by atoms with Crippen molar-refractivity contribution in [3.8, 4) is 0 Å². The van der Waals surface area contributed by atoms with Gasteiger partial charge in [0, 0.05) is 13.1 Å². The molecule has 0 saturated carbocycles. The van der Waals surface area contributed by atoms with Crippen LogP contribution in [0.25, 0.3) is 0 Å². The molecule has 0 heterocycles. The highest BCUT2D eigenvalue weighted by atomic mass is 32.2. The number of aliphatic hydroxyl groups is 1.